The molecular weight excluding hydrogens is 214 g/mol. The lowest BCUT2D eigenvalue weighted by atomic mass is 9.99. The van der Waals surface area contributed by atoms with Crippen LogP contribution < -0.4 is 0 Å². The Bertz CT molecular complexity index is 388. The number of carbonyl (C=O) groups excluding carboxylic acids is 1. The van der Waals surface area contributed by atoms with E-state index in [1.165, 1.54) is 0 Å². The van der Waals surface area contributed by atoms with Gasteiger partial charge in [0.25, 0.3) is 0 Å². The molecule has 0 unspecified atom stereocenters. The molecule has 0 spiro atoms. The Hall–Kier alpha value is -1.35. The summed E-state index contributed by atoms with van der Waals surface area (Å²) in [6.07, 6.45) is 0.0435. The minimum atomic E-state index is -0.218. The highest BCUT2D eigenvalue weighted by Crippen LogP contribution is 2.23. The molecule has 0 aromatic heterocycles. The maximum absolute atomic E-state index is 11.8. The summed E-state index contributed by atoms with van der Waals surface area (Å²) in [5.41, 5.74) is 0.789. The van der Waals surface area contributed by atoms with Crippen molar-refractivity contribution < 1.29 is 9.53 Å². The van der Waals surface area contributed by atoms with Crippen LogP contribution in [0.3, 0.4) is 0 Å². The third-order valence-electron chi connectivity index (χ3n) is 3.08. The molecule has 1 saturated heterocycles. The van der Waals surface area contributed by atoms with Crippen molar-refractivity contribution in [1.82, 2.24) is 4.90 Å². The number of nitrogens with zero attached hydrogens (tertiary/aromatic N) is 1. The normalized spacial score (nSPS) is 17.6. The molecule has 1 fully saturated rings. The monoisotopic (exact) mass is 233 g/mol. The number of esters is 1. The first-order chi connectivity index (χ1) is 7.97. The average molecular weight is 233 g/mol. The van der Waals surface area contributed by atoms with E-state index in [2.05, 4.69) is 25.7 Å². The Morgan fingerprint density at radius 2 is 1.82 bits per heavy atom. The van der Waals surface area contributed by atoms with Crippen LogP contribution >= 0.6 is 0 Å². The third kappa shape index (κ3) is 2.86. The predicted molar refractivity (Wildman–Crippen MR) is 67.0 cm³/mol. The van der Waals surface area contributed by atoms with E-state index in [1.54, 1.807) is 12.1 Å². The van der Waals surface area contributed by atoms with Gasteiger partial charge >= 0.3 is 5.97 Å². The molecule has 0 bridgehead atoms. The summed E-state index contributed by atoms with van der Waals surface area (Å²) in [5, 5.41) is 0. The van der Waals surface area contributed by atoms with Gasteiger partial charge in [0.1, 0.15) is 6.10 Å². The molecule has 3 heteroatoms. The first kappa shape index (κ1) is 12.1. The van der Waals surface area contributed by atoms with Crippen molar-refractivity contribution in [3.8, 4) is 0 Å². The third-order valence-corrected chi connectivity index (χ3v) is 3.08. The van der Waals surface area contributed by atoms with Crippen molar-refractivity contribution in [1.29, 1.82) is 0 Å². The van der Waals surface area contributed by atoms with Crippen LogP contribution in [0.25, 0.3) is 0 Å². The Morgan fingerprint density at radius 1 is 1.24 bits per heavy atom. The van der Waals surface area contributed by atoms with Gasteiger partial charge in [-0.2, -0.15) is 0 Å². The van der Waals surface area contributed by atoms with E-state index in [-0.39, 0.29) is 17.6 Å². The molecule has 0 atom stereocenters. The molecular formula is C14H19NO2. The Morgan fingerprint density at radius 3 is 2.35 bits per heavy atom. The standard InChI is InChI=1S/C14H19NO2/c1-14(2,3)15-9-12(10-15)17-13(16)11-7-5-4-6-8-11/h4-8,12H,9-10H2,1-3H3. The zero-order valence-corrected chi connectivity index (χ0v) is 10.6. The van der Waals surface area contributed by atoms with Gasteiger partial charge in [-0.05, 0) is 32.9 Å². The molecule has 0 saturated carbocycles. The Labute approximate surface area is 102 Å². The number of ether oxygens (including phenoxy) is 1. The fourth-order valence-electron chi connectivity index (χ4n) is 1.85. The van der Waals surface area contributed by atoms with Crippen LogP contribution in [0.15, 0.2) is 30.3 Å². The molecule has 1 aromatic carbocycles. The summed E-state index contributed by atoms with van der Waals surface area (Å²) < 4.78 is 5.42. The number of hydrogen-bond acceptors (Lipinski definition) is 3. The second-order valence-corrected chi connectivity index (χ2v) is 5.47. The molecule has 3 nitrogen and oxygen atoms in total. The largest absolute Gasteiger partial charge is 0.456 e. The Balaban J connectivity index is 1.83. The number of likely N-dealkylation sites (tertiary alicyclic amines) is 1. The molecule has 1 aliphatic heterocycles. The van der Waals surface area contributed by atoms with Crippen LogP contribution in [-0.4, -0.2) is 35.6 Å². The first-order valence-corrected chi connectivity index (χ1v) is 5.98. The van der Waals surface area contributed by atoms with E-state index >= 15 is 0 Å². The Kier molecular flexibility index (Phi) is 3.20. The van der Waals surface area contributed by atoms with Crippen LogP contribution in [-0.2, 0) is 4.74 Å². The summed E-state index contributed by atoms with van der Waals surface area (Å²) in [6, 6.07) is 9.14. The highest BCUT2D eigenvalue weighted by Gasteiger charge is 2.36. The summed E-state index contributed by atoms with van der Waals surface area (Å²) in [5.74, 6) is -0.218. The average Bonchev–Trinajstić information content (AvgIpc) is 2.22. The van der Waals surface area contributed by atoms with E-state index in [1.807, 2.05) is 18.2 Å². The minimum absolute atomic E-state index is 0.0435. The first-order valence-electron chi connectivity index (χ1n) is 5.98. The fourth-order valence-corrected chi connectivity index (χ4v) is 1.85. The number of carbonyl (C=O) groups is 1. The van der Waals surface area contributed by atoms with Crippen molar-refractivity contribution in [2.75, 3.05) is 13.1 Å². The molecule has 17 heavy (non-hydrogen) atoms. The van der Waals surface area contributed by atoms with Crippen molar-refractivity contribution in [2.24, 2.45) is 0 Å². The molecule has 1 heterocycles. The van der Waals surface area contributed by atoms with Crippen molar-refractivity contribution >= 4 is 5.97 Å². The number of hydrogen-bond donors (Lipinski definition) is 0. The molecule has 1 aromatic rings. The van der Waals surface area contributed by atoms with Crippen LogP contribution in [0, 0.1) is 0 Å². The van der Waals surface area contributed by atoms with Gasteiger partial charge in [-0.25, -0.2) is 4.79 Å². The van der Waals surface area contributed by atoms with Gasteiger partial charge in [0.05, 0.1) is 5.56 Å². The summed E-state index contributed by atoms with van der Waals surface area (Å²) in [7, 11) is 0. The molecule has 1 aliphatic rings. The van der Waals surface area contributed by atoms with Gasteiger partial charge in [-0.15, -0.1) is 0 Å². The van der Waals surface area contributed by atoms with Crippen molar-refractivity contribution in [3.05, 3.63) is 35.9 Å². The molecule has 92 valence electrons. The van der Waals surface area contributed by atoms with E-state index in [0.29, 0.717) is 5.56 Å². The van der Waals surface area contributed by atoms with Gasteiger partial charge in [0, 0.05) is 18.6 Å². The van der Waals surface area contributed by atoms with Crippen LogP contribution in [0.4, 0.5) is 0 Å². The molecule has 0 N–H and O–H groups in total. The lowest BCUT2D eigenvalue weighted by Crippen LogP contribution is -2.60. The summed E-state index contributed by atoms with van der Waals surface area (Å²) in [4.78, 5) is 14.1. The number of benzene rings is 1. The van der Waals surface area contributed by atoms with Crippen molar-refractivity contribution in [2.45, 2.75) is 32.4 Å². The van der Waals surface area contributed by atoms with E-state index < -0.39 is 0 Å². The maximum Gasteiger partial charge on any atom is 0.338 e. The van der Waals surface area contributed by atoms with E-state index in [9.17, 15) is 4.79 Å². The van der Waals surface area contributed by atoms with Crippen LogP contribution in [0.1, 0.15) is 31.1 Å². The molecule has 2 rings (SSSR count). The van der Waals surface area contributed by atoms with Gasteiger partial charge in [0.2, 0.25) is 0 Å². The topological polar surface area (TPSA) is 29.5 Å². The molecule has 0 amide bonds. The van der Waals surface area contributed by atoms with Gasteiger partial charge in [-0.3, -0.25) is 4.90 Å². The lowest BCUT2D eigenvalue weighted by molar-refractivity contribution is -0.0645. The highest BCUT2D eigenvalue weighted by atomic mass is 16.5. The lowest BCUT2D eigenvalue weighted by Gasteiger charge is -2.46. The van der Waals surface area contributed by atoms with Crippen LogP contribution in [0.5, 0.6) is 0 Å². The number of rotatable bonds is 2. The van der Waals surface area contributed by atoms with Gasteiger partial charge < -0.3 is 4.74 Å². The van der Waals surface area contributed by atoms with Gasteiger partial charge in [-0.1, -0.05) is 18.2 Å². The smallest absolute Gasteiger partial charge is 0.338 e. The highest BCUT2D eigenvalue weighted by molar-refractivity contribution is 5.89. The van der Waals surface area contributed by atoms with Gasteiger partial charge in [0.15, 0.2) is 0 Å². The molecule has 0 radical (unpaired) electrons. The summed E-state index contributed by atoms with van der Waals surface area (Å²) in [6.45, 7) is 8.18. The van der Waals surface area contributed by atoms with E-state index in [4.69, 9.17) is 4.74 Å². The fraction of sp³-hybridized carbons (Fsp3) is 0.500. The minimum Gasteiger partial charge on any atom is -0.456 e. The zero-order valence-electron chi connectivity index (χ0n) is 10.6. The van der Waals surface area contributed by atoms with Crippen LogP contribution in [0.2, 0.25) is 0 Å². The maximum atomic E-state index is 11.8. The molecule has 0 aliphatic carbocycles. The second-order valence-electron chi connectivity index (χ2n) is 5.47. The second kappa shape index (κ2) is 4.49. The van der Waals surface area contributed by atoms with Crippen molar-refractivity contribution in [3.63, 3.8) is 0 Å². The summed E-state index contributed by atoms with van der Waals surface area (Å²) >= 11 is 0. The quantitative estimate of drug-likeness (QED) is 0.734. The zero-order chi connectivity index (χ0) is 12.5. The SMILES string of the molecule is CC(C)(C)N1CC(OC(=O)c2ccccc2)C1. The predicted octanol–water partition coefficient (Wildman–Crippen LogP) is 2.33. The van der Waals surface area contributed by atoms with E-state index in [0.717, 1.165) is 13.1 Å².